The molecule has 0 radical (unpaired) electrons. The van der Waals surface area contributed by atoms with Gasteiger partial charge in [-0.25, -0.2) is 0 Å². The molecule has 0 N–H and O–H groups in total. The number of hydrogen-bond acceptors (Lipinski definition) is 4. The Morgan fingerprint density at radius 2 is 1.96 bits per heavy atom. The van der Waals surface area contributed by atoms with Crippen LogP contribution in [0.25, 0.3) is 0 Å². The zero-order chi connectivity index (χ0) is 17.1. The van der Waals surface area contributed by atoms with E-state index in [0.717, 1.165) is 11.3 Å². The highest BCUT2D eigenvalue weighted by molar-refractivity contribution is 8.00. The van der Waals surface area contributed by atoms with Gasteiger partial charge in [-0.2, -0.15) is 0 Å². The number of halogens is 1. The van der Waals surface area contributed by atoms with Crippen molar-refractivity contribution >= 4 is 35.0 Å². The minimum absolute atomic E-state index is 0.0835. The van der Waals surface area contributed by atoms with Gasteiger partial charge in [-0.1, -0.05) is 17.7 Å². The molecule has 1 aliphatic heterocycles. The van der Waals surface area contributed by atoms with Gasteiger partial charge in [0.25, 0.3) is 0 Å². The van der Waals surface area contributed by atoms with Crippen molar-refractivity contribution in [2.24, 2.45) is 0 Å². The normalized spacial score (nSPS) is 17.2. The molecule has 126 valence electrons. The van der Waals surface area contributed by atoms with Gasteiger partial charge in [-0.3, -0.25) is 9.69 Å². The van der Waals surface area contributed by atoms with E-state index >= 15 is 0 Å². The summed E-state index contributed by atoms with van der Waals surface area (Å²) in [6.07, 6.45) is 0. The first-order chi connectivity index (χ1) is 11.6. The maximum absolute atomic E-state index is 12.4. The lowest BCUT2D eigenvalue weighted by Gasteiger charge is -2.25. The Morgan fingerprint density at radius 3 is 2.62 bits per heavy atom. The zero-order valence-electron chi connectivity index (χ0n) is 13.5. The molecule has 1 aliphatic rings. The van der Waals surface area contributed by atoms with Crippen LogP contribution in [0.15, 0.2) is 42.5 Å². The fraction of sp³-hybridized carbons (Fsp3) is 0.278. The lowest BCUT2D eigenvalue weighted by Crippen LogP contribution is -2.27. The van der Waals surface area contributed by atoms with E-state index in [1.165, 1.54) is 0 Å². The second-order valence-electron chi connectivity index (χ2n) is 5.25. The Morgan fingerprint density at radius 1 is 1.21 bits per heavy atom. The van der Waals surface area contributed by atoms with Crippen molar-refractivity contribution in [2.45, 2.75) is 12.3 Å². The number of ether oxygens (including phenoxy) is 2. The van der Waals surface area contributed by atoms with Gasteiger partial charge in [-0.15, -0.1) is 11.8 Å². The van der Waals surface area contributed by atoms with E-state index in [-0.39, 0.29) is 11.3 Å². The number of carbonyl (C=O) groups excluding carboxylic acids is 1. The number of thioether (sulfide) groups is 1. The molecule has 3 rings (SSSR count). The maximum atomic E-state index is 12.4. The molecule has 1 saturated heterocycles. The van der Waals surface area contributed by atoms with E-state index in [4.69, 9.17) is 21.1 Å². The molecular weight excluding hydrogens is 346 g/mol. The zero-order valence-corrected chi connectivity index (χ0v) is 15.1. The summed E-state index contributed by atoms with van der Waals surface area (Å²) in [6, 6.07) is 13.1. The Kier molecular flexibility index (Phi) is 5.21. The van der Waals surface area contributed by atoms with Crippen LogP contribution in [0.1, 0.15) is 17.9 Å². The molecule has 1 atom stereocenters. The molecule has 0 bridgehead atoms. The first-order valence-corrected chi connectivity index (χ1v) is 9.06. The van der Waals surface area contributed by atoms with Crippen molar-refractivity contribution in [1.29, 1.82) is 0 Å². The van der Waals surface area contributed by atoms with Gasteiger partial charge < -0.3 is 9.47 Å². The lowest BCUT2D eigenvalue weighted by molar-refractivity contribution is -0.115. The number of methoxy groups -OCH3 is 1. The largest absolute Gasteiger partial charge is 0.493 e. The molecule has 1 fully saturated rings. The number of nitrogens with zero attached hydrogens (tertiary/aromatic N) is 1. The standard InChI is InChI=1S/C18H18ClNO3S/c1-3-23-15-9-4-12(10-16(15)22-2)18-20(17(21)11-24-18)14-7-5-13(19)6-8-14/h4-10,18H,3,11H2,1-2H3/t18-/m1/s1. The van der Waals surface area contributed by atoms with Crippen molar-refractivity contribution in [1.82, 2.24) is 0 Å². The summed E-state index contributed by atoms with van der Waals surface area (Å²) in [5.74, 6) is 1.91. The van der Waals surface area contributed by atoms with Crippen LogP contribution < -0.4 is 14.4 Å². The van der Waals surface area contributed by atoms with E-state index < -0.39 is 0 Å². The van der Waals surface area contributed by atoms with Gasteiger partial charge in [0.2, 0.25) is 5.91 Å². The molecule has 2 aromatic rings. The van der Waals surface area contributed by atoms with E-state index in [1.54, 1.807) is 35.9 Å². The minimum Gasteiger partial charge on any atom is -0.493 e. The molecule has 0 spiro atoms. The average molecular weight is 364 g/mol. The molecule has 0 saturated carbocycles. The summed E-state index contributed by atoms with van der Waals surface area (Å²) in [6.45, 7) is 2.50. The first kappa shape index (κ1) is 17.0. The third-order valence-corrected chi connectivity index (χ3v) is 5.21. The highest BCUT2D eigenvalue weighted by Gasteiger charge is 2.34. The number of hydrogen-bond donors (Lipinski definition) is 0. The van der Waals surface area contributed by atoms with Crippen LogP contribution in [0.2, 0.25) is 5.02 Å². The maximum Gasteiger partial charge on any atom is 0.238 e. The van der Waals surface area contributed by atoms with E-state index in [2.05, 4.69) is 0 Å². The van der Waals surface area contributed by atoms with Crippen LogP contribution >= 0.6 is 23.4 Å². The van der Waals surface area contributed by atoms with Gasteiger partial charge in [0.1, 0.15) is 5.37 Å². The quantitative estimate of drug-likeness (QED) is 0.782. The molecule has 6 heteroatoms. The van der Waals surface area contributed by atoms with Crippen molar-refractivity contribution in [2.75, 3.05) is 24.4 Å². The molecule has 0 unspecified atom stereocenters. The number of benzene rings is 2. The molecule has 1 amide bonds. The van der Waals surface area contributed by atoms with Gasteiger partial charge in [-0.05, 0) is 48.9 Å². The summed E-state index contributed by atoms with van der Waals surface area (Å²) in [4.78, 5) is 14.2. The summed E-state index contributed by atoms with van der Waals surface area (Å²) in [5.41, 5.74) is 1.84. The van der Waals surface area contributed by atoms with Crippen molar-refractivity contribution in [3.63, 3.8) is 0 Å². The highest BCUT2D eigenvalue weighted by atomic mass is 35.5. The third kappa shape index (κ3) is 3.32. The van der Waals surface area contributed by atoms with Gasteiger partial charge in [0.15, 0.2) is 11.5 Å². The number of anilines is 1. The van der Waals surface area contributed by atoms with E-state index in [9.17, 15) is 4.79 Å². The predicted octanol–water partition coefficient (Wildman–Crippen LogP) is 4.53. The van der Waals surface area contributed by atoms with Crippen molar-refractivity contribution < 1.29 is 14.3 Å². The predicted molar refractivity (Wildman–Crippen MR) is 98.3 cm³/mol. The van der Waals surface area contributed by atoms with Crippen molar-refractivity contribution in [3.05, 3.63) is 53.1 Å². The fourth-order valence-corrected chi connectivity index (χ4v) is 3.96. The fourth-order valence-electron chi connectivity index (χ4n) is 2.66. The van der Waals surface area contributed by atoms with Gasteiger partial charge >= 0.3 is 0 Å². The second kappa shape index (κ2) is 7.36. The van der Waals surface area contributed by atoms with Crippen molar-refractivity contribution in [3.8, 4) is 11.5 Å². The average Bonchev–Trinajstić information content (AvgIpc) is 2.98. The van der Waals surface area contributed by atoms with E-state index in [1.807, 2.05) is 37.3 Å². The summed E-state index contributed by atoms with van der Waals surface area (Å²) in [5, 5.41) is 0.556. The first-order valence-electron chi connectivity index (χ1n) is 7.64. The van der Waals surface area contributed by atoms with Crippen LogP contribution in [0, 0.1) is 0 Å². The smallest absolute Gasteiger partial charge is 0.238 e. The molecule has 0 aromatic heterocycles. The number of carbonyl (C=O) groups is 1. The Bertz CT molecular complexity index is 736. The van der Waals surface area contributed by atoms with Crippen LogP contribution in [-0.2, 0) is 4.79 Å². The van der Waals surface area contributed by atoms with Crippen LogP contribution in [0.4, 0.5) is 5.69 Å². The molecular formula is C18H18ClNO3S. The van der Waals surface area contributed by atoms with Gasteiger partial charge in [0.05, 0.1) is 19.5 Å². The SMILES string of the molecule is CCOc1ccc([C@H]2SCC(=O)N2c2ccc(Cl)cc2)cc1OC. The van der Waals surface area contributed by atoms with E-state index in [0.29, 0.717) is 28.9 Å². The molecule has 0 aliphatic carbocycles. The lowest BCUT2D eigenvalue weighted by atomic mass is 10.1. The Balaban J connectivity index is 1.95. The van der Waals surface area contributed by atoms with Crippen LogP contribution in [-0.4, -0.2) is 25.4 Å². The van der Waals surface area contributed by atoms with Gasteiger partial charge in [0, 0.05) is 10.7 Å². The topological polar surface area (TPSA) is 38.8 Å². The third-order valence-electron chi connectivity index (χ3n) is 3.75. The van der Waals surface area contributed by atoms with Crippen LogP contribution in [0.5, 0.6) is 11.5 Å². The van der Waals surface area contributed by atoms with Crippen LogP contribution in [0.3, 0.4) is 0 Å². The Labute approximate surface area is 150 Å². The molecule has 4 nitrogen and oxygen atoms in total. The highest BCUT2D eigenvalue weighted by Crippen LogP contribution is 2.44. The minimum atomic E-state index is -0.0942. The molecule has 24 heavy (non-hydrogen) atoms. The number of rotatable bonds is 5. The summed E-state index contributed by atoms with van der Waals surface area (Å²) in [7, 11) is 1.62. The Hall–Kier alpha value is -1.85. The summed E-state index contributed by atoms with van der Waals surface area (Å²) >= 11 is 7.55. The monoisotopic (exact) mass is 363 g/mol. The second-order valence-corrected chi connectivity index (χ2v) is 6.75. The molecule has 1 heterocycles. The summed E-state index contributed by atoms with van der Waals surface area (Å²) < 4.78 is 11.0. The number of amides is 1. The molecule has 2 aromatic carbocycles.